The molecule has 0 aliphatic rings. The molecule has 7 heteroatoms. The molecule has 1 heterocycles. The van der Waals surface area contributed by atoms with Gasteiger partial charge in [0.25, 0.3) is 0 Å². The van der Waals surface area contributed by atoms with Gasteiger partial charge in [-0.05, 0) is 18.6 Å². The molecule has 0 saturated carbocycles. The summed E-state index contributed by atoms with van der Waals surface area (Å²) in [6, 6.07) is 7.73. The first-order valence-corrected chi connectivity index (χ1v) is 5.99. The zero-order valence-electron chi connectivity index (χ0n) is 10.9. The summed E-state index contributed by atoms with van der Waals surface area (Å²) in [5, 5.41) is 28.2. The number of aromatic carboxylic acids is 1. The molecule has 0 fully saturated rings. The van der Waals surface area contributed by atoms with Gasteiger partial charge < -0.3 is 10.4 Å². The Labute approximate surface area is 115 Å². The van der Waals surface area contributed by atoms with Crippen LogP contribution in [0.1, 0.15) is 21.6 Å². The zero-order chi connectivity index (χ0) is 14.5. The van der Waals surface area contributed by atoms with Crippen LogP contribution < -0.4 is 5.32 Å². The second kappa shape index (κ2) is 5.84. The van der Waals surface area contributed by atoms with Crippen molar-refractivity contribution in [3.05, 3.63) is 41.2 Å². The molecule has 0 aliphatic heterocycles. The third kappa shape index (κ3) is 2.92. The van der Waals surface area contributed by atoms with E-state index in [0.717, 1.165) is 11.3 Å². The highest BCUT2D eigenvalue weighted by Crippen LogP contribution is 2.17. The monoisotopic (exact) mass is 271 g/mol. The minimum atomic E-state index is -1.10. The SMILES string of the molecule is Cc1cccc(NCCn2cc(C(=O)O)nn2)c1C#N. The zero-order valence-corrected chi connectivity index (χ0v) is 10.9. The van der Waals surface area contributed by atoms with Crippen molar-refractivity contribution in [1.82, 2.24) is 15.0 Å². The van der Waals surface area contributed by atoms with Gasteiger partial charge in [0.15, 0.2) is 5.69 Å². The number of carboxylic acids is 1. The number of hydrogen-bond donors (Lipinski definition) is 2. The van der Waals surface area contributed by atoms with Crippen molar-refractivity contribution in [2.45, 2.75) is 13.5 Å². The molecule has 2 aromatic rings. The largest absolute Gasteiger partial charge is 0.476 e. The molecule has 0 atom stereocenters. The Hall–Kier alpha value is -2.88. The van der Waals surface area contributed by atoms with Crippen LogP contribution in [0.2, 0.25) is 0 Å². The molecule has 0 amide bonds. The third-order valence-corrected chi connectivity index (χ3v) is 2.80. The van der Waals surface area contributed by atoms with E-state index >= 15 is 0 Å². The van der Waals surface area contributed by atoms with Gasteiger partial charge in [0.05, 0.1) is 24.0 Å². The summed E-state index contributed by atoms with van der Waals surface area (Å²) < 4.78 is 1.44. The van der Waals surface area contributed by atoms with Crippen molar-refractivity contribution in [2.75, 3.05) is 11.9 Å². The van der Waals surface area contributed by atoms with Crippen LogP contribution in [0.5, 0.6) is 0 Å². The molecular weight excluding hydrogens is 258 g/mol. The van der Waals surface area contributed by atoms with Crippen molar-refractivity contribution in [3.8, 4) is 6.07 Å². The van der Waals surface area contributed by atoms with Crippen LogP contribution in [0, 0.1) is 18.3 Å². The fourth-order valence-electron chi connectivity index (χ4n) is 1.77. The standard InChI is InChI=1S/C13H13N5O2/c1-9-3-2-4-11(10(9)7-14)15-5-6-18-8-12(13(19)20)16-17-18/h2-4,8,15H,5-6H2,1H3,(H,19,20). The number of hydrogen-bond acceptors (Lipinski definition) is 5. The summed E-state index contributed by atoms with van der Waals surface area (Å²) in [6.07, 6.45) is 1.37. The summed E-state index contributed by atoms with van der Waals surface area (Å²) in [6.45, 7) is 2.85. The lowest BCUT2D eigenvalue weighted by molar-refractivity contribution is 0.0690. The van der Waals surface area contributed by atoms with Crippen LogP contribution in [0.3, 0.4) is 0 Å². The first-order chi connectivity index (χ1) is 9.61. The molecule has 2 rings (SSSR count). The normalized spacial score (nSPS) is 10.0. The van der Waals surface area contributed by atoms with Crippen LogP contribution in [0.15, 0.2) is 24.4 Å². The van der Waals surface area contributed by atoms with Crippen molar-refractivity contribution < 1.29 is 9.90 Å². The lowest BCUT2D eigenvalue weighted by Crippen LogP contribution is -2.12. The smallest absolute Gasteiger partial charge is 0.358 e. The number of benzene rings is 1. The lowest BCUT2D eigenvalue weighted by Gasteiger charge is -2.09. The Balaban J connectivity index is 1.98. The minimum absolute atomic E-state index is 0.0849. The molecule has 2 N–H and O–H groups in total. The van der Waals surface area contributed by atoms with Crippen LogP contribution >= 0.6 is 0 Å². The van der Waals surface area contributed by atoms with Crippen molar-refractivity contribution >= 4 is 11.7 Å². The number of carbonyl (C=O) groups is 1. The average Bonchev–Trinajstić information content (AvgIpc) is 2.88. The number of carboxylic acid groups (broad SMARTS) is 1. The first kappa shape index (κ1) is 13.5. The van der Waals surface area contributed by atoms with Gasteiger partial charge in [-0.25, -0.2) is 9.48 Å². The van der Waals surface area contributed by atoms with E-state index in [1.165, 1.54) is 10.9 Å². The molecule has 20 heavy (non-hydrogen) atoms. The molecule has 102 valence electrons. The highest BCUT2D eigenvalue weighted by molar-refractivity contribution is 5.84. The van der Waals surface area contributed by atoms with E-state index in [2.05, 4.69) is 21.7 Å². The van der Waals surface area contributed by atoms with E-state index in [-0.39, 0.29) is 5.69 Å². The summed E-state index contributed by atoms with van der Waals surface area (Å²) in [7, 11) is 0. The van der Waals surface area contributed by atoms with Gasteiger partial charge in [0, 0.05) is 6.54 Å². The van der Waals surface area contributed by atoms with Crippen LogP contribution in [0.25, 0.3) is 0 Å². The molecule has 0 aliphatic carbocycles. The maximum absolute atomic E-state index is 10.7. The topological polar surface area (TPSA) is 104 Å². The van der Waals surface area contributed by atoms with Gasteiger partial charge in [0.2, 0.25) is 0 Å². The predicted octanol–water partition coefficient (Wildman–Crippen LogP) is 1.27. The highest BCUT2D eigenvalue weighted by atomic mass is 16.4. The van der Waals surface area contributed by atoms with Gasteiger partial charge in [-0.1, -0.05) is 17.3 Å². The molecule has 0 bridgehead atoms. The Bertz CT molecular complexity index is 672. The summed E-state index contributed by atoms with van der Waals surface area (Å²) in [5.41, 5.74) is 2.19. The van der Waals surface area contributed by atoms with E-state index < -0.39 is 5.97 Å². The lowest BCUT2D eigenvalue weighted by atomic mass is 10.1. The van der Waals surface area contributed by atoms with Crippen LogP contribution in [-0.2, 0) is 6.54 Å². The number of rotatable bonds is 5. The van der Waals surface area contributed by atoms with Crippen LogP contribution in [-0.4, -0.2) is 32.6 Å². The molecule has 0 unspecified atom stereocenters. The molecule has 0 spiro atoms. The quantitative estimate of drug-likeness (QED) is 0.848. The molecule has 0 saturated heterocycles. The van der Waals surface area contributed by atoms with Crippen molar-refractivity contribution in [3.63, 3.8) is 0 Å². The van der Waals surface area contributed by atoms with Gasteiger partial charge in [0.1, 0.15) is 6.07 Å². The van der Waals surface area contributed by atoms with E-state index in [1.807, 2.05) is 25.1 Å². The van der Waals surface area contributed by atoms with E-state index in [0.29, 0.717) is 18.7 Å². The second-order valence-electron chi connectivity index (χ2n) is 4.21. The molecule has 7 nitrogen and oxygen atoms in total. The Morgan fingerprint density at radius 1 is 1.55 bits per heavy atom. The van der Waals surface area contributed by atoms with Gasteiger partial charge in [-0.3, -0.25) is 0 Å². The van der Waals surface area contributed by atoms with Crippen molar-refractivity contribution in [1.29, 1.82) is 5.26 Å². The predicted molar refractivity (Wildman–Crippen MR) is 71.4 cm³/mol. The number of nitriles is 1. The van der Waals surface area contributed by atoms with E-state index in [4.69, 9.17) is 10.4 Å². The molecule has 1 aromatic heterocycles. The number of aryl methyl sites for hydroxylation is 1. The number of anilines is 1. The van der Waals surface area contributed by atoms with Gasteiger partial charge >= 0.3 is 5.97 Å². The Kier molecular flexibility index (Phi) is 3.96. The summed E-state index contributed by atoms with van der Waals surface area (Å²) >= 11 is 0. The van der Waals surface area contributed by atoms with Gasteiger partial charge in [-0.15, -0.1) is 5.10 Å². The maximum Gasteiger partial charge on any atom is 0.358 e. The second-order valence-corrected chi connectivity index (χ2v) is 4.21. The molecule has 0 radical (unpaired) electrons. The first-order valence-electron chi connectivity index (χ1n) is 5.99. The van der Waals surface area contributed by atoms with Crippen LogP contribution in [0.4, 0.5) is 5.69 Å². The van der Waals surface area contributed by atoms with Crippen molar-refractivity contribution in [2.24, 2.45) is 0 Å². The highest BCUT2D eigenvalue weighted by Gasteiger charge is 2.08. The average molecular weight is 271 g/mol. The fraction of sp³-hybridized carbons (Fsp3) is 0.231. The van der Waals surface area contributed by atoms with E-state index in [1.54, 1.807) is 0 Å². The fourth-order valence-corrected chi connectivity index (χ4v) is 1.77. The molecular formula is C13H13N5O2. The number of nitrogens with zero attached hydrogens (tertiary/aromatic N) is 4. The summed E-state index contributed by atoms with van der Waals surface area (Å²) in [5.74, 6) is -1.10. The summed E-state index contributed by atoms with van der Waals surface area (Å²) in [4.78, 5) is 10.7. The van der Waals surface area contributed by atoms with E-state index in [9.17, 15) is 4.79 Å². The minimum Gasteiger partial charge on any atom is -0.476 e. The molecule has 1 aromatic carbocycles. The Morgan fingerprint density at radius 2 is 2.35 bits per heavy atom. The maximum atomic E-state index is 10.7. The van der Waals surface area contributed by atoms with Gasteiger partial charge in [-0.2, -0.15) is 5.26 Å². The number of nitrogens with one attached hydrogen (secondary N) is 1. The third-order valence-electron chi connectivity index (χ3n) is 2.80. The Morgan fingerprint density at radius 3 is 3.00 bits per heavy atom. The number of aromatic nitrogens is 3.